The van der Waals surface area contributed by atoms with Crippen LogP contribution in [0.5, 0.6) is 0 Å². The minimum absolute atomic E-state index is 0.115. The van der Waals surface area contributed by atoms with Gasteiger partial charge in [0.05, 0.1) is 0 Å². The Morgan fingerprint density at radius 3 is 2.55 bits per heavy atom. The summed E-state index contributed by atoms with van der Waals surface area (Å²) in [5, 5.41) is 10.3. The van der Waals surface area contributed by atoms with E-state index in [-0.39, 0.29) is 5.75 Å². The van der Waals surface area contributed by atoms with Crippen LogP contribution in [-0.2, 0) is 22.6 Å². The molecule has 0 spiro atoms. The number of aryl methyl sites for hydroxylation is 1. The molecule has 1 heterocycles. The van der Waals surface area contributed by atoms with Crippen LogP contribution in [0.15, 0.2) is 0 Å². The summed E-state index contributed by atoms with van der Waals surface area (Å²) >= 11 is 0. The first-order valence-corrected chi connectivity index (χ1v) is 4.94. The first-order valence-electron chi connectivity index (χ1n) is 2.88. The van der Waals surface area contributed by atoms with Crippen molar-refractivity contribution >= 4 is 9.84 Å². The molecule has 1 aromatic heterocycles. The lowest BCUT2D eigenvalue weighted by molar-refractivity contribution is 0.596. The van der Waals surface area contributed by atoms with Gasteiger partial charge in [0.25, 0.3) is 0 Å². The molecule has 0 atom stereocenters. The molecule has 1 aromatic rings. The molecule has 62 valence electrons. The highest BCUT2D eigenvalue weighted by molar-refractivity contribution is 7.89. The molecule has 6 nitrogen and oxygen atoms in total. The highest BCUT2D eigenvalue weighted by atomic mass is 32.2. The maximum Gasteiger partial charge on any atom is 0.165 e. The standard InChI is InChI=1S/C4H8N4O2S/c1-8-4(5-6-7-8)3-11(2,9)10/h3H2,1-2H3. The highest BCUT2D eigenvalue weighted by Crippen LogP contribution is 1.96. The van der Waals surface area contributed by atoms with Gasteiger partial charge in [-0.15, -0.1) is 5.10 Å². The van der Waals surface area contributed by atoms with Gasteiger partial charge in [0.1, 0.15) is 5.75 Å². The number of tetrazole rings is 1. The van der Waals surface area contributed by atoms with E-state index in [1.54, 1.807) is 7.05 Å². The fraction of sp³-hybridized carbons (Fsp3) is 0.750. The summed E-state index contributed by atoms with van der Waals surface area (Å²) in [6, 6.07) is 0. The molecule has 0 aromatic carbocycles. The molecule has 0 radical (unpaired) electrons. The van der Waals surface area contributed by atoms with Crippen molar-refractivity contribution in [2.75, 3.05) is 6.26 Å². The summed E-state index contributed by atoms with van der Waals surface area (Å²) in [6.45, 7) is 0. The first kappa shape index (κ1) is 8.12. The number of nitrogens with zero attached hydrogens (tertiary/aromatic N) is 4. The van der Waals surface area contributed by atoms with Crippen molar-refractivity contribution in [1.29, 1.82) is 0 Å². The van der Waals surface area contributed by atoms with Gasteiger partial charge in [-0.3, -0.25) is 0 Å². The predicted molar refractivity (Wildman–Crippen MR) is 37.3 cm³/mol. The molecule has 0 saturated heterocycles. The quantitative estimate of drug-likeness (QED) is 0.563. The largest absolute Gasteiger partial charge is 0.232 e. The fourth-order valence-corrected chi connectivity index (χ4v) is 1.32. The van der Waals surface area contributed by atoms with E-state index in [0.29, 0.717) is 5.82 Å². The summed E-state index contributed by atoms with van der Waals surface area (Å²) in [4.78, 5) is 0. The fourth-order valence-electron chi connectivity index (χ4n) is 0.605. The Morgan fingerprint density at radius 1 is 1.55 bits per heavy atom. The van der Waals surface area contributed by atoms with Gasteiger partial charge >= 0.3 is 0 Å². The van der Waals surface area contributed by atoms with Gasteiger partial charge in [0.15, 0.2) is 15.7 Å². The lowest BCUT2D eigenvalue weighted by Gasteiger charge is -1.94. The third-order valence-electron chi connectivity index (χ3n) is 1.10. The molecule has 0 aliphatic heterocycles. The summed E-state index contributed by atoms with van der Waals surface area (Å²) in [5.74, 6) is 0.240. The van der Waals surface area contributed by atoms with E-state index in [2.05, 4.69) is 15.5 Å². The van der Waals surface area contributed by atoms with Gasteiger partial charge < -0.3 is 0 Å². The number of hydrogen-bond donors (Lipinski definition) is 0. The van der Waals surface area contributed by atoms with Crippen LogP contribution in [0.2, 0.25) is 0 Å². The van der Waals surface area contributed by atoms with E-state index >= 15 is 0 Å². The zero-order valence-corrected chi connectivity index (χ0v) is 7.04. The Balaban J connectivity index is 2.89. The van der Waals surface area contributed by atoms with E-state index in [1.165, 1.54) is 4.68 Å². The van der Waals surface area contributed by atoms with E-state index < -0.39 is 9.84 Å². The van der Waals surface area contributed by atoms with Gasteiger partial charge in [0.2, 0.25) is 0 Å². The van der Waals surface area contributed by atoms with Gasteiger partial charge in [-0.1, -0.05) is 0 Å². The highest BCUT2D eigenvalue weighted by Gasteiger charge is 2.09. The molecule has 0 N–H and O–H groups in total. The molecule has 7 heteroatoms. The molecule has 0 aliphatic carbocycles. The van der Waals surface area contributed by atoms with Crippen LogP contribution in [-0.4, -0.2) is 34.9 Å². The van der Waals surface area contributed by atoms with Gasteiger partial charge in [-0.25, -0.2) is 13.1 Å². The Kier molecular flexibility index (Phi) is 1.90. The minimum atomic E-state index is -3.03. The molecular weight excluding hydrogens is 168 g/mol. The second kappa shape index (κ2) is 2.57. The van der Waals surface area contributed by atoms with Crippen molar-refractivity contribution in [2.45, 2.75) is 5.75 Å². The number of rotatable bonds is 2. The zero-order valence-electron chi connectivity index (χ0n) is 6.22. The van der Waals surface area contributed by atoms with Crippen molar-refractivity contribution < 1.29 is 8.42 Å². The van der Waals surface area contributed by atoms with Crippen LogP contribution < -0.4 is 0 Å². The van der Waals surface area contributed by atoms with Crippen molar-refractivity contribution in [3.05, 3.63) is 5.82 Å². The van der Waals surface area contributed by atoms with Crippen LogP contribution >= 0.6 is 0 Å². The van der Waals surface area contributed by atoms with E-state index in [4.69, 9.17) is 0 Å². The normalized spacial score (nSPS) is 11.8. The van der Waals surface area contributed by atoms with Crippen molar-refractivity contribution in [3.8, 4) is 0 Å². The van der Waals surface area contributed by atoms with Crippen LogP contribution in [0.4, 0.5) is 0 Å². The van der Waals surface area contributed by atoms with Crippen molar-refractivity contribution in [1.82, 2.24) is 20.2 Å². The molecular formula is C4H8N4O2S. The predicted octanol–water partition coefficient (Wildman–Crippen LogP) is -1.25. The Hall–Kier alpha value is -0.980. The Bertz CT molecular complexity index is 341. The monoisotopic (exact) mass is 176 g/mol. The smallest absolute Gasteiger partial charge is 0.165 e. The topological polar surface area (TPSA) is 77.7 Å². The SMILES string of the molecule is Cn1nnnc1CS(C)(=O)=O. The van der Waals surface area contributed by atoms with Crippen LogP contribution in [0.3, 0.4) is 0 Å². The second-order valence-corrected chi connectivity index (χ2v) is 4.43. The molecule has 0 unspecified atom stereocenters. The second-order valence-electron chi connectivity index (χ2n) is 2.29. The summed E-state index contributed by atoms with van der Waals surface area (Å²) in [7, 11) is -1.44. The number of aromatic nitrogens is 4. The van der Waals surface area contributed by atoms with Gasteiger partial charge in [0, 0.05) is 13.3 Å². The maximum atomic E-state index is 10.7. The Labute approximate surface area is 64.1 Å². The molecule has 1 rings (SSSR count). The lowest BCUT2D eigenvalue weighted by Crippen LogP contribution is -2.07. The summed E-state index contributed by atoms with van der Waals surface area (Å²) in [6.07, 6.45) is 1.14. The van der Waals surface area contributed by atoms with Gasteiger partial charge in [-0.2, -0.15) is 0 Å². The average molecular weight is 176 g/mol. The van der Waals surface area contributed by atoms with E-state index in [0.717, 1.165) is 6.26 Å². The lowest BCUT2D eigenvalue weighted by atomic mass is 10.7. The minimum Gasteiger partial charge on any atom is -0.232 e. The molecule has 0 aliphatic rings. The summed E-state index contributed by atoms with van der Waals surface area (Å²) < 4.78 is 22.8. The van der Waals surface area contributed by atoms with Crippen LogP contribution in [0.1, 0.15) is 5.82 Å². The third-order valence-corrected chi connectivity index (χ3v) is 1.88. The molecule has 0 fully saturated rings. The Morgan fingerprint density at radius 2 is 2.18 bits per heavy atom. The molecule has 0 bridgehead atoms. The number of sulfone groups is 1. The third kappa shape index (κ3) is 2.26. The van der Waals surface area contributed by atoms with Gasteiger partial charge in [-0.05, 0) is 10.4 Å². The maximum absolute atomic E-state index is 10.7. The molecule has 11 heavy (non-hydrogen) atoms. The first-order chi connectivity index (χ1) is 4.99. The zero-order chi connectivity index (χ0) is 8.48. The average Bonchev–Trinajstić information content (AvgIpc) is 2.12. The van der Waals surface area contributed by atoms with Crippen molar-refractivity contribution in [3.63, 3.8) is 0 Å². The molecule has 0 amide bonds. The number of hydrogen-bond acceptors (Lipinski definition) is 5. The van der Waals surface area contributed by atoms with Crippen LogP contribution in [0.25, 0.3) is 0 Å². The van der Waals surface area contributed by atoms with E-state index in [1.807, 2.05) is 0 Å². The summed E-state index contributed by atoms with van der Waals surface area (Å²) in [5.41, 5.74) is 0. The van der Waals surface area contributed by atoms with Crippen molar-refractivity contribution in [2.24, 2.45) is 7.05 Å². The molecule has 0 saturated carbocycles. The van der Waals surface area contributed by atoms with Crippen LogP contribution in [0, 0.1) is 0 Å². The van der Waals surface area contributed by atoms with E-state index in [9.17, 15) is 8.42 Å².